The maximum atomic E-state index is 12.8. The zero-order valence-electron chi connectivity index (χ0n) is 25.0. The number of rotatable bonds is 23. The molecule has 2 unspecified atom stereocenters. The van der Waals surface area contributed by atoms with Crippen molar-refractivity contribution in [1.82, 2.24) is 15.1 Å². The number of amidine groups is 1. The van der Waals surface area contributed by atoms with Crippen LogP contribution in [0.4, 0.5) is 4.79 Å². The number of nitrogens with zero attached hydrogens (tertiary/aromatic N) is 3. The molecule has 3 amide bonds. The first-order valence-corrected chi connectivity index (χ1v) is 17.1. The van der Waals surface area contributed by atoms with Gasteiger partial charge in [-0.3, -0.25) is 10.1 Å². The topological polar surface area (TPSA) is 65.0 Å². The van der Waals surface area contributed by atoms with Crippen LogP contribution in [0.25, 0.3) is 0 Å². The van der Waals surface area contributed by atoms with Crippen LogP contribution in [0.5, 0.6) is 0 Å². The second kappa shape index (κ2) is 20.6. The van der Waals surface area contributed by atoms with Gasteiger partial charge in [0.1, 0.15) is 0 Å². The average Bonchev–Trinajstić information content (AvgIpc) is 3.28. The third-order valence-electron chi connectivity index (χ3n) is 8.05. The summed E-state index contributed by atoms with van der Waals surface area (Å²) in [6, 6.07) is -0.717. The van der Waals surface area contributed by atoms with Gasteiger partial charge in [-0.05, 0) is 12.8 Å². The van der Waals surface area contributed by atoms with Crippen LogP contribution in [0, 0.1) is 0 Å². The van der Waals surface area contributed by atoms with Crippen LogP contribution in [0.1, 0.15) is 149 Å². The largest absolute Gasteiger partial charge is 0.336 e. The number of hydrogen-bond donors (Lipinski definition) is 1. The molecule has 7 heteroatoms. The molecule has 6 nitrogen and oxygen atoms in total. The lowest BCUT2D eigenvalue weighted by atomic mass is 10.0. The lowest BCUT2D eigenvalue weighted by Crippen LogP contribution is -2.63. The summed E-state index contributed by atoms with van der Waals surface area (Å²) in [4.78, 5) is 33.6. The SMILES string of the molecule is CCCCCCCCCCCCCCCCN1C(SCCCCCCCCC)=NC2C1C(=O)NC(=O)N2C. The van der Waals surface area contributed by atoms with Crippen LogP contribution in [0.15, 0.2) is 4.99 Å². The molecule has 1 saturated heterocycles. The minimum absolute atomic E-state index is 0.196. The molecule has 2 heterocycles. The van der Waals surface area contributed by atoms with Gasteiger partial charge in [0.2, 0.25) is 0 Å². The van der Waals surface area contributed by atoms with Crippen molar-refractivity contribution >= 4 is 28.9 Å². The first kappa shape index (κ1) is 33.0. The summed E-state index contributed by atoms with van der Waals surface area (Å²) in [5.74, 6) is 0.833. The average molecular weight is 551 g/mol. The van der Waals surface area contributed by atoms with Gasteiger partial charge < -0.3 is 9.80 Å². The predicted molar refractivity (Wildman–Crippen MR) is 164 cm³/mol. The number of imide groups is 1. The third kappa shape index (κ3) is 12.3. The fourth-order valence-electron chi connectivity index (χ4n) is 5.56. The highest BCUT2D eigenvalue weighted by Crippen LogP contribution is 2.29. The van der Waals surface area contributed by atoms with E-state index in [1.165, 1.54) is 128 Å². The Bertz CT molecular complexity index is 687. The van der Waals surface area contributed by atoms with Crippen molar-refractivity contribution in [3.05, 3.63) is 0 Å². The molecule has 0 aromatic heterocycles. The van der Waals surface area contributed by atoms with E-state index in [1.54, 1.807) is 23.7 Å². The molecule has 1 N–H and O–H groups in total. The fourth-order valence-corrected chi connectivity index (χ4v) is 6.64. The van der Waals surface area contributed by atoms with E-state index in [9.17, 15) is 9.59 Å². The molecule has 2 aliphatic heterocycles. The van der Waals surface area contributed by atoms with E-state index < -0.39 is 0 Å². The molecule has 0 saturated carbocycles. The van der Waals surface area contributed by atoms with Gasteiger partial charge in [0.15, 0.2) is 17.4 Å². The normalized spacial score (nSPS) is 19.2. The smallest absolute Gasteiger partial charge is 0.325 e. The molecule has 220 valence electrons. The van der Waals surface area contributed by atoms with E-state index in [0.29, 0.717) is 0 Å². The Hall–Kier alpha value is -1.24. The number of unbranched alkanes of at least 4 members (excludes halogenated alkanes) is 19. The van der Waals surface area contributed by atoms with E-state index in [-0.39, 0.29) is 24.1 Å². The van der Waals surface area contributed by atoms with Gasteiger partial charge in [-0.15, -0.1) is 0 Å². The van der Waals surface area contributed by atoms with Crippen molar-refractivity contribution < 1.29 is 9.59 Å². The minimum atomic E-state index is -0.389. The molecule has 0 aromatic rings. The van der Waals surface area contributed by atoms with Gasteiger partial charge in [0.25, 0.3) is 5.91 Å². The number of carbonyl (C=O) groups excluding carboxylic acids is 2. The molecule has 0 radical (unpaired) electrons. The Kier molecular flexibility index (Phi) is 17.9. The van der Waals surface area contributed by atoms with Crippen molar-refractivity contribution in [2.45, 2.75) is 161 Å². The van der Waals surface area contributed by atoms with E-state index in [2.05, 4.69) is 24.1 Å². The Morgan fingerprint density at radius 3 is 1.63 bits per heavy atom. The second-order valence-corrected chi connectivity index (χ2v) is 12.5. The van der Waals surface area contributed by atoms with Crippen LogP contribution >= 0.6 is 11.8 Å². The Labute approximate surface area is 238 Å². The monoisotopic (exact) mass is 550 g/mol. The first-order chi connectivity index (χ1) is 18.6. The van der Waals surface area contributed by atoms with Crippen LogP contribution in [-0.2, 0) is 4.79 Å². The summed E-state index contributed by atoms with van der Waals surface area (Å²) in [6.07, 6.45) is 27.4. The third-order valence-corrected chi connectivity index (χ3v) is 9.15. The maximum Gasteiger partial charge on any atom is 0.325 e. The number of fused-ring (bicyclic) bond motifs is 1. The van der Waals surface area contributed by atoms with Crippen molar-refractivity contribution in [3.8, 4) is 0 Å². The number of nitrogens with one attached hydrogen (secondary N) is 1. The van der Waals surface area contributed by atoms with Crippen LogP contribution in [-0.4, -0.2) is 58.5 Å². The molecular formula is C31H58N4O2S. The summed E-state index contributed by atoms with van der Waals surface area (Å²) in [6.45, 7) is 5.38. The highest BCUT2D eigenvalue weighted by Gasteiger charge is 2.48. The number of carbonyl (C=O) groups is 2. The summed E-state index contributed by atoms with van der Waals surface area (Å²) in [7, 11) is 1.75. The van der Waals surface area contributed by atoms with Gasteiger partial charge in [-0.25, -0.2) is 9.79 Å². The quantitative estimate of drug-likeness (QED) is 0.130. The van der Waals surface area contributed by atoms with Crippen molar-refractivity contribution in [2.24, 2.45) is 4.99 Å². The van der Waals surface area contributed by atoms with Crippen LogP contribution in [0.2, 0.25) is 0 Å². The van der Waals surface area contributed by atoms with Gasteiger partial charge in [0.05, 0.1) is 0 Å². The Morgan fingerprint density at radius 2 is 1.13 bits per heavy atom. The molecule has 0 aromatic carbocycles. The lowest BCUT2D eigenvalue weighted by Gasteiger charge is -2.36. The van der Waals surface area contributed by atoms with Crippen molar-refractivity contribution in [3.63, 3.8) is 0 Å². The van der Waals surface area contributed by atoms with Gasteiger partial charge in [-0.2, -0.15) is 0 Å². The zero-order chi connectivity index (χ0) is 27.4. The second-order valence-electron chi connectivity index (χ2n) is 11.4. The Morgan fingerprint density at radius 1 is 0.684 bits per heavy atom. The molecular weight excluding hydrogens is 492 g/mol. The molecule has 0 spiro atoms. The maximum absolute atomic E-state index is 12.8. The minimum Gasteiger partial charge on any atom is -0.336 e. The zero-order valence-corrected chi connectivity index (χ0v) is 25.8. The number of thioether (sulfide) groups is 1. The highest BCUT2D eigenvalue weighted by atomic mass is 32.2. The van der Waals surface area contributed by atoms with Gasteiger partial charge in [0, 0.05) is 19.3 Å². The molecule has 38 heavy (non-hydrogen) atoms. The van der Waals surface area contributed by atoms with E-state index in [4.69, 9.17) is 4.99 Å². The van der Waals surface area contributed by atoms with Crippen LogP contribution in [0.3, 0.4) is 0 Å². The van der Waals surface area contributed by atoms with Gasteiger partial charge >= 0.3 is 6.03 Å². The lowest BCUT2D eigenvalue weighted by molar-refractivity contribution is -0.127. The number of hydrogen-bond acceptors (Lipinski definition) is 5. The molecule has 0 bridgehead atoms. The summed E-state index contributed by atoms with van der Waals surface area (Å²) < 4.78 is 0. The first-order valence-electron chi connectivity index (χ1n) is 16.1. The highest BCUT2D eigenvalue weighted by molar-refractivity contribution is 8.13. The summed E-state index contributed by atoms with van der Waals surface area (Å²) in [5.41, 5.74) is 0. The molecule has 2 aliphatic rings. The predicted octanol–water partition coefficient (Wildman–Crippen LogP) is 8.50. The van der Waals surface area contributed by atoms with Gasteiger partial charge in [-0.1, -0.05) is 148 Å². The van der Waals surface area contributed by atoms with Crippen LogP contribution < -0.4 is 5.32 Å². The summed E-state index contributed by atoms with van der Waals surface area (Å²) >= 11 is 1.78. The number of amides is 3. The number of likely N-dealkylation sites (N-methyl/N-ethyl adjacent to an activating group) is 1. The summed E-state index contributed by atoms with van der Waals surface area (Å²) in [5, 5.41) is 3.48. The van der Waals surface area contributed by atoms with E-state index >= 15 is 0 Å². The van der Waals surface area contributed by atoms with E-state index in [1.807, 2.05) is 0 Å². The Balaban J connectivity index is 1.64. The molecule has 2 atom stereocenters. The van der Waals surface area contributed by atoms with Crippen molar-refractivity contribution in [1.29, 1.82) is 0 Å². The number of urea groups is 1. The van der Waals surface area contributed by atoms with E-state index in [0.717, 1.165) is 23.9 Å². The number of aliphatic imine (C=N–C) groups is 1. The fraction of sp³-hybridized carbons (Fsp3) is 0.903. The standard InChI is InChI=1S/C31H58N4O2S/c1-4-6-8-10-12-13-14-15-16-17-18-19-21-23-25-35-27-28(34(3)30(37)33-29(27)36)32-31(35)38-26-24-22-20-11-9-7-5-2/h27-28H,4-26H2,1-3H3,(H,33,36,37). The molecule has 0 aliphatic carbocycles. The molecule has 2 rings (SSSR count). The van der Waals surface area contributed by atoms with Crippen molar-refractivity contribution in [2.75, 3.05) is 19.3 Å². The molecule has 1 fully saturated rings.